The van der Waals surface area contributed by atoms with Gasteiger partial charge < -0.3 is 10.6 Å². The SMILES string of the molecule is O=C(Nc1cccc(C(=O)N[C@@H]2CCN(Cc3ccccc3)C2)c1)c1ccc(F)cc1. The molecule has 0 aliphatic carbocycles. The van der Waals surface area contributed by atoms with Crippen molar-refractivity contribution in [1.29, 1.82) is 0 Å². The summed E-state index contributed by atoms with van der Waals surface area (Å²) in [6.45, 7) is 2.62. The maximum Gasteiger partial charge on any atom is 0.255 e. The van der Waals surface area contributed by atoms with Gasteiger partial charge in [-0.05, 0) is 54.4 Å². The highest BCUT2D eigenvalue weighted by Crippen LogP contribution is 2.16. The zero-order valence-corrected chi connectivity index (χ0v) is 17.1. The van der Waals surface area contributed by atoms with Crippen LogP contribution in [0.4, 0.5) is 10.1 Å². The van der Waals surface area contributed by atoms with Crippen LogP contribution in [0, 0.1) is 5.82 Å². The van der Waals surface area contributed by atoms with E-state index in [4.69, 9.17) is 0 Å². The second-order valence-electron chi connectivity index (χ2n) is 7.72. The summed E-state index contributed by atoms with van der Waals surface area (Å²) < 4.78 is 13.0. The molecule has 0 spiro atoms. The van der Waals surface area contributed by atoms with E-state index in [1.165, 1.54) is 29.8 Å². The van der Waals surface area contributed by atoms with Crippen molar-refractivity contribution in [3.63, 3.8) is 0 Å². The number of hydrogen-bond acceptors (Lipinski definition) is 3. The predicted octanol–water partition coefficient (Wildman–Crippen LogP) is 4.08. The Morgan fingerprint density at radius 3 is 2.45 bits per heavy atom. The summed E-state index contributed by atoms with van der Waals surface area (Å²) in [7, 11) is 0. The number of anilines is 1. The van der Waals surface area contributed by atoms with Crippen LogP contribution in [0.25, 0.3) is 0 Å². The predicted molar refractivity (Wildman–Crippen MR) is 118 cm³/mol. The molecule has 1 aliphatic rings. The minimum Gasteiger partial charge on any atom is -0.348 e. The number of hydrogen-bond donors (Lipinski definition) is 2. The second-order valence-corrected chi connectivity index (χ2v) is 7.72. The van der Waals surface area contributed by atoms with Crippen LogP contribution in [0.3, 0.4) is 0 Å². The lowest BCUT2D eigenvalue weighted by Gasteiger charge is -2.17. The fourth-order valence-electron chi connectivity index (χ4n) is 3.75. The minimum atomic E-state index is -0.399. The number of nitrogens with one attached hydrogen (secondary N) is 2. The third-order valence-electron chi connectivity index (χ3n) is 5.35. The molecule has 4 rings (SSSR count). The van der Waals surface area contributed by atoms with Crippen molar-refractivity contribution in [3.05, 3.63) is 101 Å². The van der Waals surface area contributed by atoms with Crippen molar-refractivity contribution in [1.82, 2.24) is 10.2 Å². The number of likely N-dealkylation sites (tertiary alicyclic amines) is 1. The van der Waals surface area contributed by atoms with E-state index in [2.05, 4.69) is 27.7 Å². The van der Waals surface area contributed by atoms with E-state index in [1.807, 2.05) is 18.2 Å². The molecule has 1 aliphatic heterocycles. The number of nitrogens with zero attached hydrogens (tertiary/aromatic N) is 1. The van der Waals surface area contributed by atoms with Crippen LogP contribution in [0.5, 0.6) is 0 Å². The first-order valence-electron chi connectivity index (χ1n) is 10.3. The second kappa shape index (κ2) is 9.53. The van der Waals surface area contributed by atoms with Gasteiger partial charge in [-0.1, -0.05) is 36.4 Å². The normalized spacial score (nSPS) is 16.1. The Balaban J connectivity index is 1.33. The zero-order valence-electron chi connectivity index (χ0n) is 17.1. The summed E-state index contributed by atoms with van der Waals surface area (Å²) in [5.74, 6) is -0.918. The largest absolute Gasteiger partial charge is 0.348 e. The molecular formula is C25H24FN3O2. The van der Waals surface area contributed by atoms with Gasteiger partial charge in [0.05, 0.1) is 0 Å². The maximum atomic E-state index is 13.0. The molecule has 158 valence electrons. The molecule has 0 aromatic heterocycles. The Bertz CT molecular complexity index is 1050. The average molecular weight is 417 g/mol. The summed E-state index contributed by atoms with van der Waals surface area (Å²) in [5, 5.41) is 5.85. The zero-order chi connectivity index (χ0) is 21.6. The highest BCUT2D eigenvalue weighted by atomic mass is 19.1. The van der Waals surface area contributed by atoms with Gasteiger partial charge in [0.1, 0.15) is 5.82 Å². The molecule has 2 amide bonds. The third-order valence-corrected chi connectivity index (χ3v) is 5.35. The van der Waals surface area contributed by atoms with E-state index in [0.717, 1.165) is 26.1 Å². The molecule has 3 aromatic rings. The van der Waals surface area contributed by atoms with Gasteiger partial charge in [-0.3, -0.25) is 14.5 Å². The Morgan fingerprint density at radius 2 is 1.68 bits per heavy atom. The highest BCUT2D eigenvalue weighted by Gasteiger charge is 2.24. The van der Waals surface area contributed by atoms with Crippen molar-refractivity contribution in [2.24, 2.45) is 0 Å². The molecule has 0 bridgehead atoms. The van der Waals surface area contributed by atoms with Crippen molar-refractivity contribution >= 4 is 17.5 Å². The molecule has 1 fully saturated rings. The van der Waals surface area contributed by atoms with Crippen molar-refractivity contribution in [3.8, 4) is 0 Å². The van der Waals surface area contributed by atoms with Gasteiger partial charge in [0, 0.05) is 42.5 Å². The van der Waals surface area contributed by atoms with Crippen LogP contribution >= 0.6 is 0 Å². The molecule has 6 heteroatoms. The molecule has 3 aromatic carbocycles. The lowest BCUT2D eigenvalue weighted by molar-refractivity contribution is 0.0936. The van der Waals surface area contributed by atoms with Gasteiger partial charge in [-0.2, -0.15) is 0 Å². The van der Waals surface area contributed by atoms with Crippen LogP contribution in [0.1, 0.15) is 32.7 Å². The van der Waals surface area contributed by atoms with Crippen LogP contribution in [0.2, 0.25) is 0 Å². The van der Waals surface area contributed by atoms with Gasteiger partial charge >= 0.3 is 0 Å². The Kier molecular flexibility index (Phi) is 6.38. The molecule has 0 saturated carbocycles. The Labute approximate surface area is 180 Å². The van der Waals surface area contributed by atoms with Crippen LogP contribution in [-0.4, -0.2) is 35.8 Å². The molecule has 31 heavy (non-hydrogen) atoms. The van der Waals surface area contributed by atoms with Gasteiger partial charge in [-0.15, -0.1) is 0 Å². The van der Waals surface area contributed by atoms with Crippen molar-refractivity contribution < 1.29 is 14.0 Å². The van der Waals surface area contributed by atoms with E-state index in [9.17, 15) is 14.0 Å². The molecule has 1 atom stereocenters. The Morgan fingerprint density at radius 1 is 0.903 bits per heavy atom. The van der Waals surface area contributed by atoms with E-state index in [0.29, 0.717) is 16.8 Å². The van der Waals surface area contributed by atoms with Crippen LogP contribution in [-0.2, 0) is 6.54 Å². The molecule has 2 N–H and O–H groups in total. The third kappa shape index (κ3) is 5.55. The molecular weight excluding hydrogens is 393 g/mol. The number of halogens is 1. The average Bonchev–Trinajstić information content (AvgIpc) is 3.21. The summed E-state index contributed by atoms with van der Waals surface area (Å²) in [6, 6.07) is 22.5. The van der Waals surface area contributed by atoms with E-state index >= 15 is 0 Å². The fraction of sp³-hybridized carbons (Fsp3) is 0.200. The van der Waals surface area contributed by atoms with E-state index in [-0.39, 0.29) is 17.9 Å². The first-order chi connectivity index (χ1) is 15.1. The van der Waals surface area contributed by atoms with Crippen LogP contribution in [0.15, 0.2) is 78.9 Å². The molecule has 5 nitrogen and oxygen atoms in total. The van der Waals surface area contributed by atoms with Crippen LogP contribution < -0.4 is 10.6 Å². The van der Waals surface area contributed by atoms with Gasteiger partial charge in [-0.25, -0.2) is 4.39 Å². The van der Waals surface area contributed by atoms with Crippen molar-refractivity contribution in [2.45, 2.75) is 19.0 Å². The number of carbonyl (C=O) groups is 2. The molecule has 1 heterocycles. The fourth-order valence-corrected chi connectivity index (χ4v) is 3.75. The van der Waals surface area contributed by atoms with Crippen molar-refractivity contribution in [2.75, 3.05) is 18.4 Å². The quantitative estimate of drug-likeness (QED) is 0.635. The number of carbonyl (C=O) groups excluding carboxylic acids is 2. The smallest absolute Gasteiger partial charge is 0.255 e. The van der Waals surface area contributed by atoms with E-state index < -0.39 is 5.82 Å². The first-order valence-corrected chi connectivity index (χ1v) is 10.3. The molecule has 0 unspecified atom stereocenters. The monoisotopic (exact) mass is 417 g/mol. The number of amides is 2. The molecule has 0 radical (unpaired) electrons. The summed E-state index contributed by atoms with van der Waals surface area (Å²) in [5.41, 5.74) is 2.61. The number of benzene rings is 3. The number of rotatable bonds is 6. The van der Waals surface area contributed by atoms with Gasteiger partial charge in [0.15, 0.2) is 0 Å². The lowest BCUT2D eigenvalue weighted by Crippen LogP contribution is -2.37. The summed E-state index contributed by atoms with van der Waals surface area (Å²) in [4.78, 5) is 27.4. The van der Waals surface area contributed by atoms with Gasteiger partial charge in [0.2, 0.25) is 0 Å². The first kappa shape index (κ1) is 20.8. The highest BCUT2D eigenvalue weighted by molar-refractivity contribution is 6.05. The van der Waals surface area contributed by atoms with Gasteiger partial charge in [0.25, 0.3) is 11.8 Å². The maximum absolute atomic E-state index is 13.0. The lowest BCUT2D eigenvalue weighted by atomic mass is 10.1. The minimum absolute atomic E-state index is 0.0914. The topological polar surface area (TPSA) is 61.4 Å². The van der Waals surface area contributed by atoms with E-state index in [1.54, 1.807) is 24.3 Å². The standard InChI is InChI=1S/C25H24FN3O2/c26-21-11-9-19(10-12-21)24(30)27-22-8-4-7-20(15-22)25(31)28-23-13-14-29(17-23)16-18-5-2-1-3-6-18/h1-12,15,23H,13-14,16-17H2,(H,27,30)(H,28,31)/t23-/m1/s1. The molecule has 1 saturated heterocycles. The Hall–Kier alpha value is -3.51. The summed E-state index contributed by atoms with van der Waals surface area (Å²) in [6.07, 6.45) is 0.902. The summed E-state index contributed by atoms with van der Waals surface area (Å²) >= 11 is 0.